The molecule has 8 aliphatic rings. The summed E-state index contributed by atoms with van der Waals surface area (Å²) < 4.78 is 16.1. The van der Waals surface area contributed by atoms with Gasteiger partial charge >= 0.3 is 0 Å². The average molecular weight is 1840 g/mol. The second-order valence-electron chi connectivity index (χ2n) is 44.9. The van der Waals surface area contributed by atoms with Gasteiger partial charge in [-0.1, -0.05) is 111 Å². The van der Waals surface area contributed by atoms with Gasteiger partial charge in [0.05, 0.1) is 58.6 Å². The van der Waals surface area contributed by atoms with Crippen LogP contribution in [0.5, 0.6) is 0 Å². The summed E-state index contributed by atoms with van der Waals surface area (Å²) >= 11 is 0. The molecule has 8 aromatic rings. The number of rotatable bonds is 25. The normalized spacial score (nSPS) is 19.3. The number of hydrogen-bond donors (Lipinski definition) is 0. The van der Waals surface area contributed by atoms with Gasteiger partial charge in [0.2, 0.25) is 0 Å². The number of imidazole rings is 2. The van der Waals surface area contributed by atoms with E-state index in [2.05, 4.69) is 290 Å². The lowest BCUT2D eigenvalue weighted by Gasteiger charge is -2.33. The third-order valence-electron chi connectivity index (χ3n) is 31.8. The lowest BCUT2D eigenvalue weighted by Crippen LogP contribution is -2.35. The molecule has 133 heavy (non-hydrogen) atoms. The first-order chi connectivity index (χ1) is 63.4. The monoisotopic (exact) mass is 1840 g/mol. The minimum Gasteiger partial charge on any atom is -0.337 e. The Morgan fingerprint density at radius 1 is 0.316 bits per heavy atom. The van der Waals surface area contributed by atoms with Crippen LogP contribution < -0.4 is 0 Å². The van der Waals surface area contributed by atoms with E-state index in [1.807, 2.05) is 102 Å². The molecule has 16 heterocycles. The first-order valence-electron chi connectivity index (χ1n) is 53.0. The van der Waals surface area contributed by atoms with Crippen molar-refractivity contribution in [2.75, 3.05) is 105 Å². The number of nitrogens with zero attached hydrogens (tertiary/aromatic N) is 24. The Hall–Kier alpha value is -6.64. The fraction of sp³-hybridized carbons (Fsp3) is 0.780. The minimum absolute atomic E-state index is 0.463. The van der Waals surface area contributed by atoms with Gasteiger partial charge in [0.1, 0.15) is 5.82 Å². The molecule has 0 unspecified atom stereocenters. The molecule has 8 saturated heterocycles. The summed E-state index contributed by atoms with van der Waals surface area (Å²) in [4.78, 5) is 29.0. The van der Waals surface area contributed by atoms with Crippen molar-refractivity contribution in [1.29, 1.82) is 0 Å². The van der Waals surface area contributed by atoms with Crippen LogP contribution in [0.25, 0.3) is 0 Å². The summed E-state index contributed by atoms with van der Waals surface area (Å²) in [5.41, 5.74) is 12.9. The summed E-state index contributed by atoms with van der Waals surface area (Å²) in [6, 6.07) is 6.91. The maximum Gasteiger partial charge on any atom is 0.105 e. The molecule has 0 bridgehead atoms. The Morgan fingerprint density at radius 3 is 0.970 bits per heavy atom. The topological polar surface area (TPSA) is 168 Å². The molecule has 8 fully saturated rings. The second kappa shape index (κ2) is 55.8. The van der Waals surface area contributed by atoms with Crippen LogP contribution in [0.1, 0.15) is 296 Å². The highest BCUT2D eigenvalue weighted by Crippen LogP contribution is 2.33. The van der Waals surface area contributed by atoms with Gasteiger partial charge in [-0.05, 0) is 355 Å². The maximum atomic E-state index is 4.43. The van der Waals surface area contributed by atoms with Crippen LogP contribution >= 0.6 is 0 Å². The Labute approximate surface area is 810 Å². The van der Waals surface area contributed by atoms with E-state index in [0.717, 1.165) is 159 Å². The van der Waals surface area contributed by atoms with Crippen molar-refractivity contribution in [2.45, 2.75) is 307 Å². The molecule has 24 nitrogen and oxygen atoms in total. The smallest absolute Gasteiger partial charge is 0.105 e. The predicted octanol–water partition coefficient (Wildman–Crippen LogP) is 20.3. The van der Waals surface area contributed by atoms with Gasteiger partial charge in [0, 0.05) is 168 Å². The molecule has 0 aromatic carbocycles. The lowest BCUT2D eigenvalue weighted by molar-refractivity contribution is 0.149. The molecule has 0 radical (unpaired) electrons. The summed E-state index contributed by atoms with van der Waals surface area (Å²) in [5, 5.41) is 26.1. The van der Waals surface area contributed by atoms with Crippen LogP contribution in [-0.2, 0) is 102 Å². The third-order valence-corrected chi connectivity index (χ3v) is 31.8. The van der Waals surface area contributed by atoms with Crippen molar-refractivity contribution < 1.29 is 0 Å². The molecule has 0 atom stereocenters. The molecule has 0 amide bonds. The largest absolute Gasteiger partial charge is 0.337 e. The van der Waals surface area contributed by atoms with E-state index in [9.17, 15) is 0 Å². The first kappa shape index (κ1) is 110. The zero-order chi connectivity index (χ0) is 96.5. The second-order valence-corrected chi connectivity index (χ2v) is 44.9. The Morgan fingerprint density at radius 2 is 0.677 bits per heavy atom. The van der Waals surface area contributed by atoms with Gasteiger partial charge in [-0.3, -0.25) is 67.3 Å². The van der Waals surface area contributed by atoms with Gasteiger partial charge in [0.25, 0.3) is 0 Å². The number of aryl methyl sites for hydroxylation is 9. The van der Waals surface area contributed by atoms with Crippen molar-refractivity contribution in [3.63, 3.8) is 0 Å². The van der Waals surface area contributed by atoms with Gasteiger partial charge < -0.3 is 9.13 Å². The van der Waals surface area contributed by atoms with Crippen molar-refractivity contribution in [3.05, 3.63) is 143 Å². The fourth-order valence-electron chi connectivity index (χ4n) is 21.4. The molecule has 24 heteroatoms. The van der Waals surface area contributed by atoms with E-state index in [1.54, 1.807) is 0 Å². The number of likely N-dealkylation sites (tertiary alicyclic amines) is 8. The van der Waals surface area contributed by atoms with Gasteiger partial charge in [-0.2, -0.15) is 30.6 Å². The standard InChI is InChI=1S/C15H27N3.3C14H25N3.4C13H23N3/c1-12(2)15-5-7-17(8-6-15)10-14-9-16-18(11-14)13(3)4;1-11(2)13-5-7-17(8-6-13)10-14-9-15-12(3)16(14)4;1-11(2)13-5-7-17(8-6-13)10-14-9-16(4)15-12(14)3;1-11(2)13-5-7-17(8-6-13)10-14-9-12(3)15-16(14)4;1-11(2)12-4-8-16(9-5-12)10-13-6-7-15(3)14-13;1-11(2)12-5-8-16(9-6-12)10-13-4-7-14-15(13)3;1-11(2)13-4-6-16(7-5-13)10-12-8-14-15(3)9-12;1-11(2)12-4-6-16(7-5-12)9-13-8-14-10-15(13)3/h9,11-13,15H,5-8,10H2,1-4H3;3*9,11,13H,5-8,10H2,1-4H3;6-7,11-12H,4-5,8-10H2,1-3H3;4,7,11-12H,5-6,8-10H2,1-3H3;8-9,11,13H,4-7,10H2,1-3H3;8,10-12H,4-7,9H2,1-3H3. The highest BCUT2D eigenvalue weighted by atomic mass is 15.3. The highest BCUT2D eigenvalue weighted by Gasteiger charge is 2.30. The number of hydrogen-bond acceptors (Lipinski definition) is 16. The predicted molar refractivity (Wildman–Crippen MR) is 552 cm³/mol. The summed E-state index contributed by atoms with van der Waals surface area (Å²) in [7, 11) is 14.2. The molecule has 750 valence electrons. The molecule has 8 aliphatic heterocycles. The Bertz CT molecular complexity index is 4140. The van der Waals surface area contributed by atoms with E-state index in [0.29, 0.717) is 6.04 Å². The summed E-state index contributed by atoms with van der Waals surface area (Å²) in [6.45, 7) is 76.5. The van der Waals surface area contributed by atoms with Crippen LogP contribution in [0.3, 0.4) is 0 Å². The van der Waals surface area contributed by atoms with E-state index in [-0.39, 0.29) is 0 Å². The number of aromatic nitrogens is 16. The molecular weight excluding hydrogens is 1650 g/mol. The van der Waals surface area contributed by atoms with Crippen LogP contribution in [0.4, 0.5) is 0 Å². The van der Waals surface area contributed by atoms with Crippen LogP contribution in [0, 0.1) is 115 Å². The third kappa shape index (κ3) is 37.6. The van der Waals surface area contributed by atoms with E-state index in [1.165, 1.54) is 258 Å². The lowest BCUT2D eigenvalue weighted by atomic mass is 9.86. The average Bonchev–Trinajstić information content (AvgIpc) is 1.75. The Balaban J connectivity index is 0.000000171. The number of piperidine rings is 8. The van der Waals surface area contributed by atoms with Crippen molar-refractivity contribution >= 4 is 0 Å². The maximum absolute atomic E-state index is 4.43. The first-order valence-corrected chi connectivity index (χ1v) is 53.0. The zero-order valence-electron chi connectivity index (χ0n) is 89.8. The summed E-state index contributed by atoms with van der Waals surface area (Å²) in [6.07, 6.45) is 42.0. The van der Waals surface area contributed by atoms with Crippen molar-refractivity contribution in [2.24, 2.45) is 144 Å². The molecule has 0 spiro atoms. The SMILES string of the molecule is CC(C)C1CCN(Cc2ccn(C)n2)CC1.CC(C)C1CCN(Cc2ccnn2C)CC1.CC(C)C1CCN(Cc2cncn2C)CC1.CC(C)C1CCN(Cc2cnn(C(C)C)c2)CC1.CC(C)C1CCN(Cc2cnn(C)c2)CC1.Cc1cc(CN2CCC(C(C)C)CC2)n(C)n1.Cc1ncc(CN2CCC(C(C)C)CC2)n1C.Cc1nn(C)cc1CN1CCC(C(C)C)CC1. The van der Waals surface area contributed by atoms with E-state index in [4.69, 9.17) is 0 Å². The van der Waals surface area contributed by atoms with Crippen molar-refractivity contribution in [1.82, 2.24) is 117 Å². The molecular formula is C109H194N24. The summed E-state index contributed by atoms with van der Waals surface area (Å²) in [5.74, 6) is 15.3. The van der Waals surface area contributed by atoms with Crippen LogP contribution in [0.2, 0.25) is 0 Å². The quantitative estimate of drug-likeness (QED) is 0.0529. The van der Waals surface area contributed by atoms with Crippen LogP contribution in [-0.4, -0.2) is 222 Å². The molecule has 0 aliphatic carbocycles. The fourth-order valence-corrected chi connectivity index (χ4v) is 21.4. The van der Waals surface area contributed by atoms with E-state index >= 15 is 0 Å². The highest BCUT2D eigenvalue weighted by molar-refractivity contribution is 5.16. The molecule has 8 aromatic heterocycles. The molecule has 16 rings (SSSR count). The van der Waals surface area contributed by atoms with Crippen LogP contribution in [0.15, 0.2) is 80.3 Å². The molecule has 0 N–H and O–H groups in total. The van der Waals surface area contributed by atoms with Gasteiger partial charge in [-0.25, -0.2) is 9.97 Å². The van der Waals surface area contributed by atoms with Gasteiger partial charge in [-0.15, -0.1) is 0 Å². The van der Waals surface area contributed by atoms with E-state index < -0.39 is 0 Å². The minimum atomic E-state index is 0.463. The molecule has 0 saturated carbocycles. The Kier molecular flexibility index (Phi) is 46.2. The van der Waals surface area contributed by atoms with Gasteiger partial charge in [0.15, 0.2) is 0 Å². The van der Waals surface area contributed by atoms with Crippen molar-refractivity contribution in [3.8, 4) is 0 Å². The zero-order valence-corrected chi connectivity index (χ0v) is 89.8.